The van der Waals surface area contributed by atoms with E-state index in [1.165, 1.54) is 6.38 Å². The smallest absolute Gasteiger partial charge is 0.319 e. The monoisotopic (exact) mass is 553 g/mol. The van der Waals surface area contributed by atoms with Gasteiger partial charge in [-0.2, -0.15) is 0 Å². The second-order valence-corrected chi connectivity index (χ2v) is 9.21. The molecule has 1 unspecified atom stereocenters. The van der Waals surface area contributed by atoms with Crippen molar-refractivity contribution in [1.82, 2.24) is 10.2 Å². The van der Waals surface area contributed by atoms with Crippen LogP contribution in [0.1, 0.15) is 24.5 Å². The van der Waals surface area contributed by atoms with Crippen LogP contribution in [-0.2, 0) is 0 Å². The number of anilines is 2. The zero-order valence-corrected chi connectivity index (χ0v) is 24.0. The van der Waals surface area contributed by atoms with E-state index in [2.05, 4.69) is 40.7 Å². The van der Waals surface area contributed by atoms with Gasteiger partial charge in [0.05, 0.1) is 11.8 Å². The number of fused-ring (bicyclic) bond motifs is 1. The molecule has 2 aromatic carbocycles. The van der Waals surface area contributed by atoms with Crippen molar-refractivity contribution in [2.24, 2.45) is 4.99 Å². The molecular weight excluding hydrogens is 517 g/mol. The Kier molecular flexibility index (Phi) is 12.9. The van der Waals surface area contributed by atoms with Crippen LogP contribution in [0.25, 0.3) is 0 Å². The predicted molar refractivity (Wildman–Crippen MR) is 165 cm³/mol. The first-order chi connectivity index (χ1) is 18.3. The van der Waals surface area contributed by atoms with Gasteiger partial charge < -0.3 is 20.9 Å². The number of hydrogen-bond acceptors (Lipinski definition) is 4. The van der Waals surface area contributed by atoms with E-state index in [4.69, 9.17) is 16.6 Å². The highest BCUT2D eigenvalue weighted by atomic mass is 35.5. The van der Waals surface area contributed by atoms with Crippen LogP contribution in [0.15, 0.2) is 96.2 Å². The second kappa shape index (κ2) is 15.8. The quantitative estimate of drug-likeness (QED) is 0.229. The Balaban J connectivity index is 0.00000247. The summed E-state index contributed by atoms with van der Waals surface area (Å²) in [5.41, 5.74) is 6.07. The van der Waals surface area contributed by atoms with Crippen molar-refractivity contribution < 1.29 is 4.79 Å². The van der Waals surface area contributed by atoms with Crippen LogP contribution in [0.5, 0.6) is 0 Å². The number of urea groups is 1. The summed E-state index contributed by atoms with van der Waals surface area (Å²) >= 11 is 11.0. The maximum atomic E-state index is 12.2. The molecule has 8 heteroatoms. The molecule has 0 radical (unpaired) electrons. The van der Waals surface area contributed by atoms with Crippen molar-refractivity contribution in [3.63, 3.8) is 0 Å². The van der Waals surface area contributed by atoms with Crippen LogP contribution < -0.4 is 16.0 Å². The lowest BCUT2D eigenvalue weighted by molar-refractivity contribution is 0.250. The number of allylic oxidation sites excluding steroid dienone is 4. The highest BCUT2D eigenvalue weighted by Crippen LogP contribution is 2.31. The largest absolute Gasteiger partial charge is 0.357 e. The fraction of sp³-hybridized carbons (Fsp3) is 0.267. The fourth-order valence-electron chi connectivity index (χ4n) is 3.72. The molecule has 1 aliphatic heterocycles. The molecule has 2 aromatic rings. The molecule has 1 atom stereocenters. The molecule has 0 saturated carbocycles. The molecule has 2 amide bonds. The molecule has 202 valence electrons. The van der Waals surface area contributed by atoms with Gasteiger partial charge in [-0.05, 0) is 56.9 Å². The van der Waals surface area contributed by atoms with E-state index in [1.54, 1.807) is 0 Å². The molecule has 0 saturated heterocycles. The number of rotatable bonds is 9. The zero-order chi connectivity index (χ0) is 28.1. The number of benzodiazepines with no additional fused rings is 1. The molecule has 0 aromatic heterocycles. The summed E-state index contributed by atoms with van der Waals surface area (Å²) in [6.07, 6.45) is 9.98. The van der Waals surface area contributed by atoms with E-state index in [9.17, 15) is 4.79 Å². The number of halogens is 2. The Morgan fingerprint density at radius 3 is 2.53 bits per heavy atom. The van der Waals surface area contributed by atoms with Crippen molar-refractivity contribution >= 4 is 46.3 Å². The summed E-state index contributed by atoms with van der Waals surface area (Å²) in [5, 5.41) is 9.78. The van der Waals surface area contributed by atoms with Crippen LogP contribution in [0.2, 0.25) is 5.02 Å². The minimum atomic E-state index is -0.237. The van der Waals surface area contributed by atoms with Crippen molar-refractivity contribution in [3.05, 3.63) is 107 Å². The summed E-state index contributed by atoms with van der Waals surface area (Å²) in [5.74, 6) is 0. The number of carbonyl (C=O) groups excluding carboxylic acids is 1. The molecule has 0 bridgehead atoms. The Bertz CT molecular complexity index is 1200. The number of benzene rings is 2. The number of alkyl halides is 1. The molecule has 1 aliphatic rings. The topological polar surface area (TPSA) is 68.8 Å². The SMILES string of the molecule is C=C/C(=C\C=C/C)CC1N=C(c2ccc(NC(=O)NCCN(C)C)cc2)c2cc(Cl)ccc2NC1=C.CCl. The first-order valence-corrected chi connectivity index (χ1v) is 13.4. The van der Waals surface area contributed by atoms with Gasteiger partial charge >= 0.3 is 6.03 Å². The molecule has 3 rings (SSSR count). The van der Waals surface area contributed by atoms with E-state index in [-0.39, 0.29) is 12.1 Å². The van der Waals surface area contributed by atoms with E-state index >= 15 is 0 Å². The van der Waals surface area contributed by atoms with Gasteiger partial charge in [-0.15, -0.1) is 11.6 Å². The van der Waals surface area contributed by atoms with Crippen LogP contribution in [0, 0.1) is 0 Å². The fourth-order valence-corrected chi connectivity index (χ4v) is 3.89. The van der Waals surface area contributed by atoms with E-state index in [0.717, 1.165) is 40.3 Å². The van der Waals surface area contributed by atoms with Gasteiger partial charge in [0, 0.05) is 59.1 Å². The maximum Gasteiger partial charge on any atom is 0.319 e. The lowest BCUT2D eigenvalue weighted by Crippen LogP contribution is -2.34. The molecule has 6 nitrogen and oxygen atoms in total. The average molecular weight is 555 g/mol. The normalized spacial score (nSPS) is 15.0. The number of nitrogens with zero attached hydrogens (tertiary/aromatic N) is 2. The highest BCUT2D eigenvalue weighted by Gasteiger charge is 2.23. The maximum absolute atomic E-state index is 12.2. The summed E-state index contributed by atoms with van der Waals surface area (Å²) in [7, 11) is 3.93. The zero-order valence-electron chi connectivity index (χ0n) is 22.5. The van der Waals surface area contributed by atoms with Gasteiger partial charge in [-0.25, -0.2) is 4.79 Å². The Hall–Kier alpha value is -3.32. The van der Waals surface area contributed by atoms with Gasteiger partial charge in [0.15, 0.2) is 0 Å². The van der Waals surface area contributed by atoms with E-state index in [0.29, 0.717) is 23.7 Å². The summed E-state index contributed by atoms with van der Waals surface area (Å²) in [6, 6.07) is 12.9. The van der Waals surface area contributed by atoms with E-state index in [1.807, 2.05) is 92.7 Å². The molecular formula is C30H37Cl2N5O. The average Bonchev–Trinajstić information content (AvgIpc) is 3.03. The van der Waals surface area contributed by atoms with Gasteiger partial charge in [0.2, 0.25) is 0 Å². The molecule has 1 heterocycles. The third kappa shape index (κ3) is 9.21. The lowest BCUT2D eigenvalue weighted by atomic mass is 10.00. The third-order valence-corrected chi connectivity index (χ3v) is 5.91. The van der Waals surface area contributed by atoms with Crippen molar-refractivity contribution in [3.8, 4) is 0 Å². The summed E-state index contributed by atoms with van der Waals surface area (Å²) < 4.78 is 0. The second-order valence-electron chi connectivity index (χ2n) is 8.77. The van der Waals surface area contributed by atoms with Gasteiger partial charge in [0.25, 0.3) is 0 Å². The number of likely N-dealkylation sites (N-methyl/N-ethyl adjacent to an activating group) is 1. The van der Waals surface area contributed by atoms with Crippen LogP contribution in [-0.4, -0.2) is 56.3 Å². The van der Waals surface area contributed by atoms with E-state index < -0.39 is 0 Å². The minimum Gasteiger partial charge on any atom is -0.357 e. The number of hydrogen-bond donors (Lipinski definition) is 3. The minimum absolute atomic E-state index is 0.207. The molecule has 3 N–H and O–H groups in total. The number of amides is 2. The summed E-state index contributed by atoms with van der Waals surface area (Å²) in [6.45, 7) is 11.5. The summed E-state index contributed by atoms with van der Waals surface area (Å²) in [4.78, 5) is 19.3. The standard InChI is InChI=1S/C29H34ClN5O.CH3Cl/c1-6-8-9-21(7-2)18-27-20(3)32-26-15-12-23(30)19-25(26)28(34-27)22-10-13-24(14-11-22)33-29(36)31-16-17-35(4)5;1-2/h6-15,19,27,32H,2-3,16-18H2,1,4-5H3,(H2,31,33,36);1H3/b8-6-,21-9+;. The lowest BCUT2D eigenvalue weighted by Gasteiger charge is -2.16. The van der Waals surface area contributed by atoms with Crippen molar-refractivity contribution in [1.29, 1.82) is 0 Å². The highest BCUT2D eigenvalue weighted by molar-refractivity contribution is 6.31. The molecule has 0 fully saturated rings. The Morgan fingerprint density at radius 2 is 1.89 bits per heavy atom. The first-order valence-electron chi connectivity index (χ1n) is 12.3. The number of aliphatic imine (C=N–C) groups is 1. The Labute approximate surface area is 236 Å². The third-order valence-electron chi connectivity index (χ3n) is 5.67. The Morgan fingerprint density at radius 1 is 1.18 bits per heavy atom. The van der Waals surface area contributed by atoms with Gasteiger partial charge in [-0.1, -0.05) is 61.2 Å². The number of carbonyl (C=O) groups is 1. The predicted octanol–water partition coefficient (Wildman–Crippen LogP) is 7.10. The van der Waals surface area contributed by atoms with Crippen LogP contribution >= 0.6 is 23.2 Å². The van der Waals surface area contributed by atoms with Crippen molar-refractivity contribution in [2.75, 3.05) is 44.2 Å². The van der Waals surface area contributed by atoms with Crippen molar-refractivity contribution in [2.45, 2.75) is 19.4 Å². The van der Waals surface area contributed by atoms with Gasteiger partial charge in [-0.3, -0.25) is 4.99 Å². The number of nitrogens with one attached hydrogen (secondary N) is 3. The van der Waals surface area contributed by atoms with Crippen LogP contribution in [0.4, 0.5) is 16.2 Å². The molecule has 0 spiro atoms. The van der Waals surface area contributed by atoms with Crippen LogP contribution in [0.3, 0.4) is 0 Å². The van der Waals surface area contributed by atoms with Gasteiger partial charge in [0.1, 0.15) is 0 Å². The molecule has 38 heavy (non-hydrogen) atoms. The first kappa shape index (κ1) is 30.9. The molecule has 0 aliphatic carbocycles.